The van der Waals surface area contributed by atoms with Crippen LogP contribution in [0.15, 0.2) is 12.1 Å². The van der Waals surface area contributed by atoms with E-state index in [2.05, 4.69) is 12.2 Å². The van der Waals surface area contributed by atoms with Crippen molar-refractivity contribution in [1.82, 2.24) is 5.32 Å². The Balaban J connectivity index is 0.00000338. The van der Waals surface area contributed by atoms with Gasteiger partial charge in [-0.05, 0) is 37.8 Å². The number of halogens is 1. The molecule has 1 saturated heterocycles. The highest BCUT2D eigenvalue weighted by Gasteiger charge is 2.25. The summed E-state index contributed by atoms with van der Waals surface area (Å²) in [6, 6.07) is 3.60. The predicted molar refractivity (Wildman–Crippen MR) is 106 cm³/mol. The first-order valence-electron chi connectivity index (χ1n) is 8.79. The van der Waals surface area contributed by atoms with Crippen molar-refractivity contribution in [2.75, 3.05) is 46.4 Å². The number of hydrogen-bond donors (Lipinski definition) is 1. The van der Waals surface area contributed by atoms with Gasteiger partial charge in [0.1, 0.15) is 0 Å². The molecule has 1 N–H and O–H groups in total. The minimum absolute atomic E-state index is 0. The lowest BCUT2D eigenvalue weighted by Gasteiger charge is -2.29. The second-order valence-corrected chi connectivity index (χ2v) is 6.61. The van der Waals surface area contributed by atoms with Gasteiger partial charge in [0.25, 0.3) is 0 Å². The third kappa shape index (κ3) is 5.17. The van der Waals surface area contributed by atoms with Gasteiger partial charge in [-0.3, -0.25) is 4.79 Å². The number of amides is 1. The van der Waals surface area contributed by atoms with E-state index in [4.69, 9.17) is 14.2 Å². The summed E-state index contributed by atoms with van der Waals surface area (Å²) in [6.07, 6.45) is 2.82. The van der Waals surface area contributed by atoms with Gasteiger partial charge in [0.15, 0.2) is 11.5 Å². The zero-order valence-corrected chi connectivity index (χ0v) is 17.1. The average molecular weight is 387 g/mol. The van der Waals surface area contributed by atoms with Crippen LogP contribution in [0.1, 0.15) is 26.2 Å². The monoisotopic (exact) mass is 386 g/mol. The molecule has 1 aliphatic rings. The smallest absolute Gasteiger partial charge is 0.226 e. The molecule has 1 aromatic carbocycles. The number of rotatable bonds is 7. The Labute approximate surface area is 162 Å². The number of nitrogens with zero attached hydrogens (tertiary/aromatic N) is 1. The van der Waals surface area contributed by atoms with Gasteiger partial charge in [-0.1, -0.05) is 6.92 Å². The Morgan fingerprint density at radius 2 is 1.69 bits per heavy atom. The molecule has 26 heavy (non-hydrogen) atoms. The number of ether oxygens (including phenoxy) is 3. The first-order valence-corrected chi connectivity index (χ1v) is 8.79. The van der Waals surface area contributed by atoms with E-state index < -0.39 is 0 Å². The minimum atomic E-state index is 0. The molecule has 0 radical (unpaired) electrons. The number of anilines is 1. The summed E-state index contributed by atoms with van der Waals surface area (Å²) in [5.41, 5.74) is 0.733. The van der Waals surface area contributed by atoms with Crippen LogP contribution in [-0.4, -0.2) is 47.4 Å². The van der Waals surface area contributed by atoms with Crippen molar-refractivity contribution in [1.29, 1.82) is 0 Å². The van der Waals surface area contributed by atoms with Gasteiger partial charge in [0, 0.05) is 25.6 Å². The summed E-state index contributed by atoms with van der Waals surface area (Å²) in [5.74, 6) is 2.70. The lowest BCUT2D eigenvalue weighted by Crippen LogP contribution is -2.34. The molecule has 1 fully saturated rings. The van der Waals surface area contributed by atoms with Gasteiger partial charge >= 0.3 is 0 Å². The molecule has 7 heteroatoms. The van der Waals surface area contributed by atoms with Crippen LogP contribution >= 0.6 is 12.4 Å². The maximum Gasteiger partial charge on any atom is 0.226 e. The van der Waals surface area contributed by atoms with Crippen molar-refractivity contribution in [2.45, 2.75) is 26.2 Å². The SMILES string of the molecule is COc1cc(N(C)C(=O)CC(C)C2CCNCC2)cc(OC)c1OC.Cl. The number of hydrogen-bond acceptors (Lipinski definition) is 5. The summed E-state index contributed by atoms with van der Waals surface area (Å²) < 4.78 is 16.1. The fraction of sp³-hybridized carbons (Fsp3) is 0.632. The van der Waals surface area contributed by atoms with Crippen LogP contribution in [0.3, 0.4) is 0 Å². The van der Waals surface area contributed by atoms with Crippen molar-refractivity contribution in [2.24, 2.45) is 11.8 Å². The van der Waals surface area contributed by atoms with Crippen molar-refractivity contribution in [3.8, 4) is 17.2 Å². The van der Waals surface area contributed by atoms with Gasteiger partial charge in [0.2, 0.25) is 11.7 Å². The fourth-order valence-corrected chi connectivity index (χ4v) is 3.40. The van der Waals surface area contributed by atoms with Gasteiger partial charge in [-0.2, -0.15) is 0 Å². The molecular weight excluding hydrogens is 356 g/mol. The van der Waals surface area contributed by atoms with E-state index in [0.29, 0.717) is 35.5 Å². The second-order valence-electron chi connectivity index (χ2n) is 6.61. The third-order valence-corrected chi connectivity index (χ3v) is 5.10. The highest BCUT2D eigenvalue weighted by atomic mass is 35.5. The summed E-state index contributed by atoms with van der Waals surface area (Å²) in [5, 5.41) is 3.37. The number of piperidine rings is 1. The first kappa shape index (κ1) is 22.4. The van der Waals surface area contributed by atoms with E-state index in [1.807, 2.05) is 0 Å². The molecular formula is C19H31ClN2O4. The highest BCUT2D eigenvalue weighted by Crippen LogP contribution is 2.41. The van der Waals surface area contributed by atoms with Crippen LogP contribution in [0.4, 0.5) is 5.69 Å². The zero-order valence-electron chi connectivity index (χ0n) is 16.3. The molecule has 1 aromatic rings. The van der Waals surface area contributed by atoms with Gasteiger partial charge in [0.05, 0.1) is 27.0 Å². The molecule has 0 spiro atoms. The molecule has 1 aliphatic heterocycles. The number of carbonyl (C=O) groups excluding carboxylic acids is 1. The van der Waals surface area contributed by atoms with Crippen LogP contribution in [0.2, 0.25) is 0 Å². The van der Waals surface area contributed by atoms with E-state index in [0.717, 1.165) is 31.6 Å². The molecule has 148 valence electrons. The van der Waals surface area contributed by atoms with Crippen LogP contribution in [0, 0.1) is 11.8 Å². The molecule has 6 nitrogen and oxygen atoms in total. The fourth-order valence-electron chi connectivity index (χ4n) is 3.40. The molecule has 0 aliphatic carbocycles. The maximum atomic E-state index is 12.7. The van der Waals surface area contributed by atoms with Crippen molar-refractivity contribution < 1.29 is 19.0 Å². The minimum Gasteiger partial charge on any atom is -0.493 e. The number of carbonyl (C=O) groups is 1. The predicted octanol–water partition coefficient (Wildman–Crippen LogP) is 3.12. The lowest BCUT2D eigenvalue weighted by atomic mass is 9.84. The number of benzene rings is 1. The molecule has 1 amide bonds. The van der Waals surface area contributed by atoms with Gasteiger partial charge in [-0.15, -0.1) is 12.4 Å². The molecule has 0 saturated carbocycles. The Bertz CT molecular complexity index is 566. The molecule has 0 aromatic heterocycles. The average Bonchev–Trinajstić information content (AvgIpc) is 2.66. The lowest BCUT2D eigenvalue weighted by molar-refractivity contribution is -0.119. The van der Waals surface area contributed by atoms with Gasteiger partial charge in [-0.25, -0.2) is 0 Å². The molecule has 0 bridgehead atoms. The number of methoxy groups -OCH3 is 3. The largest absolute Gasteiger partial charge is 0.493 e. The van der Waals surface area contributed by atoms with E-state index in [9.17, 15) is 4.79 Å². The second kappa shape index (κ2) is 10.5. The van der Waals surface area contributed by atoms with Crippen LogP contribution < -0.4 is 24.4 Å². The summed E-state index contributed by atoms with van der Waals surface area (Å²) in [7, 11) is 6.50. The molecule has 1 unspecified atom stereocenters. The van der Waals surface area contributed by atoms with Crippen molar-refractivity contribution >= 4 is 24.0 Å². The topological polar surface area (TPSA) is 60.0 Å². The normalized spacial score (nSPS) is 15.6. The van der Waals surface area contributed by atoms with E-state index in [1.54, 1.807) is 45.4 Å². The molecule has 1 atom stereocenters. The van der Waals surface area contributed by atoms with Crippen molar-refractivity contribution in [3.63, 3.8) is 0 Å². The summed E-state index contributed by atoms with van der Waals surface area (Å²) in [4.78, 5) is 14.4. The van der Waals surface area contributed by atoms with Crippen LogP contribution in [0.25, 0.3) is 0 Å². The van der Waals surface area contributed by atoms with Crippen LogP contribution in [0.5, 0.6) is 17.2 Å². The van der Waals surface area contributed by atoms with E-state index in [-0.39, 0.29) is 18.3 Å². The zero-order chi connectivity index (χ0) is 18.4. The maximum absolute atomic E-state index is 12.7. The summed E-state index contributed by atoms with van der Waals surface area (Å²) in [6.45, 7) is 4.27. The summed E-state index contributed by atoms with van der Waals surface area (Å²) >= 11 is 0. The Hall–Kier alpha value is -1.66. The van der Waals surface area contributed by atoms with E-state index in [1.165, 1.54) is 0 Å². The molecule has 1 heterocycles. The Kier molecular flexibility index (Phi) is 9.02. The first-order chi connectivity index (χ1) is 12.0. The number of nitrogens with one attached hydrogen (secondary N) is 1. The Morgan fingerprint density at radius 3 is 2.15 bits per heavy atom. The van der Waals surface area contributed by atoms with Gasteiger partial charge < -0.3 is 24.4 Å². The van der Waals surface area contributed by atoms with Crippen LogP contribution in [-0.2, 0) is 4.79 Å². The highest BCUT2D eigenvalue weighted by molar-refractivity contribution is 5.93. The van der Waals surface area contributed by atoms with Crippen molar-refractivity contribution in [3.05, 3.63) is 12.1 Å². The standard InChI is InChI=1S/C19H30N2O4.ClH/c1-13(14-6-8-20-9-7-14)10-18(22)21(2)15-11-16(23-3)19(25-5)17(12-15)24-4;/h11-14,20H,6-10H2,1-5H3;1H. The Morgan fingerprint density at radius 1 is 1.15 bits per heavy atom. The molecule has 2 rings (SSSR count). The van der Waals surface area contributed by atoms with E-state index >= 15 is 0 Å². The quantitative estimate of drug-likeness (QED) is 0.780. The third-order valence-electron chi connectivity index (χ3n) is 5.10.